The molecule has 1 atom stereocenters. The zero-order valence-corrected chi connectivity index (χ0v) is 13.1. The quantitative estimate of drug-likeness (QED) is 0.753. The van der Waals surface area contributed by atoms with E-state index in [1.807, 2.05) is 0 Å². The Morgan fingerprint density at radius 2 is 2.17 bits per heavy atom. The van der Waals surface area contributed by atoms with Crippen LogP contribution in [0.15, 0.2) is 23.0 Å². The van der Waals surface area contributed by atoms with Gasteiger partial charge >= 0.3 is 0 Å². The average molecular weight is 315 g/mol. The van der Waals surface area contributed by atoms with E-state index in [0.717, 1.165) is 6.42 Å². The monoisotopic (exact) mass is 315 g/mol. The van der Waals surface area contributed by atoms with E-state index in [1.165, 1.54) is 4.52 Å². The molecule has 0 aliphatic carbocycles. The van der Waals surface area contributed by atoms with Crippen molar-refractivity contribution < 1.29 is 9.32 Å². The summed E-state index contributed by atoms with van der Waals surface area (Å²) in [5, 5.41) is 10.7. The van der Waals surface area contributed by atoms with Gasteiger partial charge in [-0.05, 0) is 18.9 Å². The summed E-state index contributed by atoms with van der Waals surface area (Å²) in [6.45, 7) is 5.91. The molecule has 120 valence electrons. The van der Waals surface area contributed by atoms with Crippen molar-refractivity contribution >= 4 is 11.7 Å². The first kappa shape index (κ1) is 15.1. The molecule has 0 aliphatic heterocycles. The molecule has 0 spiro atoms. The van der Waals surface area contributed by atoms with Crippen LogP contribution in [0.2, 0.25) is 0 Å². The van der Waals surface area contributed by atoms with Gasteiger partial charge in [-0.2, -0.15) is 9.97 Å². The van der Waals surface area contributed by atoms with Crippen LogP contribution in [-0.4, -0.2) is 35.6 Å². The molecule has 0 saturated carbocycles. The smallest absolute Gasteiger partial charge is 0.291 e. The number of hydrogen-bond acceptors (Lipinski definition) is 7. The van der Waals surface area contributed by atoms with Crippen molar-refractivity contribution in [1.82, 2.24) is 35.0 Å². The van der Waals surface area contributed by atoms with Gasteiger partial charge in [-0.3, -0.25) is 4.79 Å². The molecule has 0 radical (unpaired) electrons. The molecule has 3 aromatic heterocycles. The topological polar surface area (TPSA) is 111 Å². The summed E-state index contributed by atoms with van der Waals surface area (Å²) in [7, 11) is 0. The van der Waals surface area contributed by atoms with Gasteiger partial charge in [0.15, 0.2) is 5.82 Å². The highest BCUT2D eigenvalue weighted by Crippen LogP contribution is 2.12. The van der Waals surface area contributed by atoms with Crippen LogP contribution in [0, 0.1) is 5.92 Å². The van der Waals surface area contributed by atoms with Gasteiger partial charge in [-0.1, -0.05) is 19.0 Å². The lowest BCUT2D eigenvalue weighted by Gasteiger charge is -2.06. The van der Waals surface area contributed by atoms with Gasteiger partial charge in [-0.15, -0.1) is 5.10 Å². The summed E-state index contributed by atoms with van der Waals surface area (Å²) >= 11 is 0. The number of carbonyl (C=O) groups excluding carboxylic acids is 1. The molecule has 0 bridgehead atoms. The number of hydrogen-bond donors (Lipinski definition) is 1. The molecule has 3 rings (SSSR count). The lowest BCUT2D eigenvalue weighted by molar-refractivity contribution is 0.0922. The van der Waals surface area contributed by atoms with Crippen molar-refractivity contribution in [3.8, 4) is 0 Å². The zero-order valence-electron chi connectivity index (χ0n) is 13.1. The fourth-order valence-corrected chi connectivity index (χ4v) is 2.04. The Hall–Kier alpha value is -2.84. The predicted molar refractivity (Wildman–Crippen MR) is 79.5 cm³/mol. The largest absolute Gasteiger partial charge is 0.338 e. The van der Waals surface area contributed by atoms with Crippen LogP contribution < -0.4 is 5.32 Å². The number of aromatic nitrogens is 6. The first-order chi connectivity index (χ1) is 11.0. The van der Waals surface area contributed by atoms with Gasteiger partial charge in [0.1, 0.15) is 6.04 Å². The Bertz CT molecular complexity index is 790. The minimum absolute atomic E-state index is 0.0393. The summed E-state index contributed by atoms with van der Waals surface area (Å²) < 4.78 is 6.63. The summed E-state index contributed by atoms with van der Waals surface area (Å²) in [6.07, 6.45) is 3.98. The third-order valence-corrected chi connectivity index (χ3v) is 3.11. The van der Waals surface area contributed by atoms with E-state index < -0.39 is 11.9 Å². The Labute approximate surface area is 132 Å². The average Bonchev–Trinajstić information content (AvgIpc) is 3.12. The Balaban J connectivity index is 1.70. The van der Waals surface area contributed by atoms with Gasteiger partial charge in [0.05, 0.1) is 0 Å². The first-order valence-corrected chi connectivity index (χ1v) is 7.33. The normalized spacial score (nSPS) is 12.7. The summed E-state index contributed by atoms with van der Waals surface area (Å²) in [4.78, 5) is 24.6. The number of carbonyl (C=O) groups is 1. The Morgan fingerprint density at radius 1 is 1.35 bits per heavy atom. The van der Waals surface area contributed by atoms with Gasteiger partial charge in [0, 0.05) is 18.8 Å². The van der Waals surface area contributed by atoms with Crippen LogP contribution in [0.3, 0.4) is 0 Å². The Morgan fingerprint density at radius 3 is 2.91 bits per heavy atom. The maximum Gasteiger partial charge on any atom is 0.291 e. The second kappa shape index (κ2) is 6.11. The molecule has 0 saturated heterocycles. The van der Waals surface area contributed by atoms with E-state index in [2.05, 4.69) is 44.4 Å². The number of amides is 1. The van der Waals surface area contributed by atoms with Crippen LogP contribution in [0.1, 0.15) is 49.1 Å². The molecule has 9 heteroatoms. The molecule has 0 unspecified atom stereocenters. The van der Waals surface area contributed by atoms with Gasteiger partial charge < -0.3 is 9.84 Å². The van der Waals surface area contributed by atoms with Crippen molar-refractivity contribution in [3.63, 3.8) is 0 Å². The maximum absolute atomic E-state index is 12.2. The minimum Gasteiger partial charge on any atom is -0.338 e. The van der Waals surface area contributed by atoms with E-state index in [1.54, 1.807) is 25.4 Å². The van der Waals surface area contributed by atoms with E-state index in [-0.39, 0.29) is 5.82 Å². The van der Waals surface area contributed by atoms with Gasteiger partial charge in [0.2, 0.25) is 11.7 Å². The van der Waals surface area contributed by atoms with Crippen molar-refractivity contribution in [2.75, 3.05) is 0 Å². The third kappa shape index (κ3) is 3.33. The van der Waals surface area contributed by atoms with E-state index in [0.29, 0.717) is 23.4 Å². The number of nitrogens with one attached hydrogen (secondary N) is 1. The minimum atomic E-state index is -0.435. The van der Waals surface area contributed by atoms with Gasteiger partial charge in [0.25, 0.3) is 11.7 Å². The van der Waals surface area contributed by atoms with E-state index >= 15 is 0 Å². The van der Waals surface area contributed by atoms with E-state index in [9.17, 15) is 4.79 Å². The molecular weight excluding hydrogens is 298 g/mol. The van der Waals surface area contributed by atoms with Crippen LogP contribution >= 0.6 is 0 Å². The molecule has 23 heavy (non-hydrogen) atoms. The van der Waals surface area contributed by atoms with Crippen LogP contribution in [0.5, 0.6) is 0 Å². The highest BCUT2D eigenvalue weighted by molar-refractivity contribution is 5.90. The maximum atomic E-state index is 12.2. The van der Waals surface area contributed by atoms with Crippen LogP contribution in [-0.2, 0) is 6.42 Å². The molecule has 0 aromatic carbocycles. The molecule has 3 aromatic rings. The van der Waals surface area contributed by atoms with Crippen LogP contribution in [0.25, 0.3) is 5.78 Å². The summed E-state index contributed by atoms with van der Waals surface area (Å²) in [6, 6.07) is 1.27. The second-order valence-electron chi connectivity index (χ2n) is 5.64. The van der Waals surface area contributed by atoms with Crippen molar-refractivity contribution in [3.05, 3.63) is 36.0 Å². The Kier molecular flexibility index (Phi) is 4.00. The molecule has 0 fully saturated rings. The van der Waals surface area contributed by atoms with E-state index in [4.69, 9.17) is 4.52 Å². The molecule has 1 N–H and O–H groups in total. The number of nitrogens with zero attached hydrogens (tertiary/aromatic N) is 6. The molecule has 9 nitrogen and oxygen atoms in total. The molecule has 3 heterocycles. The highest BCUT2D eigenvalue weighted by atomic mass is 16.5. The highest BCUT2D eigenvalue weighted by Gasteiger charge is 2.20. The fraction of sp³-hybridized carbons (Fsp3) is 0.429. The lowest BCUT2D eigenvalue weighted by atomic mass is 10.1. The summed E-state index contributed by atoms with van der Waals surface area (Å²) in [5.74, 6) is 1.40. The molecular formula is C14H17N7O2. The van der Waals surface area contributed by atoms with Gasteiger partial charge in [-0.25, -0.2) is 9.50 Å². The third-order valence-electron chi connectivity index (χ3n) is 3.11. The number of rotatable bonds is 5. The SMILES string of the molecule is CC(C)Cc1noc([C@H](C)NC(=O)c2nc3ncccn3n2)n1. The standard InChI is InChI=1S/C14H17N7O2/c1-8(2)7-10-17-13(23-20-10)9(3)16-12(22)11-18-14-15-5-4-6-21(14)19-11/h4-6,8-9H,7H2,1-3H3,(H,16,22)/t9-/m0/s1. The number of fused-ring (bicyclic) bond motifs is 1. The second-order valence-corrected chi connectivity index (χ2v) is 5.64. The van der Waals surface area contributed by atoms with Crippen LogP contribution in [0.4, 0.5) is 0 Å². The first-order valence-electron chi connectivity index (χ1n) is 7.33. The molecule has 1 amide bonds. The predicted octanol–water partition coefficient (Wildman–Crippen LogP) is 1.20. The molecule has 0 aliphatic rings. The summed E-state index contributed by atoms with van der Waals surface area (Å²) in [5.41, 5.74) is 0. The fourth-order valence-electron chi connectivity index (χ4n) is 2.04. The van der Waals surface area contributed by atoms with Crippen molar-refractivity contribution in [1.29, 1.82) is 0 Å². The van der Waals surface area contributed by atoms with Crippen molar-refractivity contribution in [2.24, 2.45) is 5.92 Å². The zero-order chi connectivity index (χ0) is 16.4. The lowest BCUT2D eigenvalue weighted by Crippen LogP contribution is -2.28. The van der Waals surface area contributed by atoms with Crippen molar-refractivity contribution in [2.45, 2.75) is 33.2 Å².